The number of hydrogen-bond acceptors (Lipinski definition) is 2. The van der Waals surface area contributed by atoms with Gasteiger partial charge in [0, 0.05) is 0 Å². The van der Waals surface area contributed by atoms with Gasteiger partial charge in [0.05, 0.1) is 0 Å². The Morgan fingerprint density at radius 3 is 2.14 bits per heavy atom. The molecular formula is C19H22O2Se. The number of carbonyl (C=O) groups is 1. The first-order chi connectivity index (χ1) is 10.7. The molecule has 0 amide bonds. The molecule has 0 aliphatic carbocycles. The molecule has 1 atom stereocenters. The molecule has 2 aromatic rings. The maximum atomic E-state index is 12.7. The molecule has 0 bridgehead atoms. The topological polar surface area (TPSA) is 26.3 Å². The normalized spacial score (nSPS) is 13.4. The van der Waals surface area contributed by atoms with Crippen molar-refractivity contribution in [3.8, 4) is 0 Å². The van der Waals surface area contributed by atoms with Crippen LogP contribution in [-0.2, 0) is 16.0 Å². The van der Waals surface area contributed by atoms with Crippen LogP contribution in [0.2, 0.25) is 4.31 Å². The zero-order chi connectivity index (χ0) is 15.8. The summed E-state index contributed by atoms with van der Waals surface area (Å²) in [6, 6.07) is 20.5. The van der Waals surface area contributed by atoms with E-state index in [-0.39, 0.29) is 20.9 Å². The molecule has 116 valence electrons. The van der Waals surface area contributed by atoms with E-state index in [4.69, 9.17) is 4.74 Å². The van der Waals surface area contributed by atoms with E-state index in [1.807, 2.05) is 43.3 Å². The molecule has 3 heteroatoms. The van der Waals surface area contributed by atoms with Gasteiger partial charge in [-0.05, 0) is 0 Å². The van der Waals surface area contributed by atoms with E-state index in [1.54, 1.807) is 0 Å². The Bertz CT molecular complexity index is 539. The second kappa shape index (κ2) is 8.16. The molecule has 2 nitrogen and oxygen atoms in total. The van der Waals surface area contributed by atoms with Crippen molar-refractivity contribution in [2.24, 2.45) is 0 Å². The van der Waals surface area contributed by atoms with Gasteiger partial charge >= 0.3 is 139 Å². The molecule has 0 spiro atoms. The van der Waals surface area contributed by atoms with Gasteiger partial charge in [0.1, 0.15) is 0 Å². The second-order valence-corrected chi connectivity index (χ2v) is 8.20. The number of hydrogen-bond donors (Lipinski definition) is 0. The van der Waals surface area contributed by atoms with Gasteiger partial charge in [-0.15, -0.1) is 0 Å². The van der Waals surface area contributed by atoms with E-state index in [0.29, 0.717) is 6.61 Å². The van der Waals surface area contributed by atoms with Crippen LogP contribution in [0.5, 0.6) is 0 Å². The van der Waals surface area contributed by atoms with Crippen molar-refractivity contribution in [3.05, 3.63) is 66.2 Å². The van der Waals surface area contributed by atoms with Crippen molar-refractivity contribution < 1.29 is 9.53 Å². The van der Waals surface area contributed by atoms with Gasteiger partial charge in [-0.3, -0.25) is 0 Å². The summed E-state index contributed by atoms with van der Waals surface area (Å²) in [6.07, 6.45) is 1.52. The van der Waals surface area contributed by atoms with Crippen LogP contribution < -0.4 is 4.46 Å². The molecule has 0 saturated heterocycles. The molecule has 2 aromatic carbocycles. The van der Waals surface area contributed by atoms with Gasteiger partial charge in [-0.2, -0.15) is 0 Å². The van der Waals surface area contributed by atoms with Crippen LogP contribution >= 0.6 is 0 Å². The molecule has 22 heavy (non-hydrogen) atoms. The minimum atomic E-state index is -0.439. The summed E-state index contributed by atoms with van der Waals surface area (Å²) in [5.41, 5.74) is 1.19. The first kappa shape index (κ1) is 16.8. The molecule has 1 unspecified atom stereocenters. The minimum absolute atomic E-state index is 0.0328. The third kappa shape index (κ3) is 4.22. The van der Waals surface area contributed by atoms with E-state index in [9.17, 15) is 4.79 Å². The van der Waals surface area contributed by atoms with E-state index >= 15 is 0 Å². The number of rotatable bonds is 7. The molecule has 0 saturated carbocycles. The molecule has 0 aliphatic rings. The molecule has 2 rings (SSSR count). The summed E-state index contributed by atoms with van der Waals surface area (Å²) in [5, 5.41) is 0. The van der Waals surface area contributed by atoms with Crippen molar-refractivity contribution in [1.29, 1.82) is 0 Å². The fourth-order valence-corrected chi connectivity index (χ4v) is 5.06. The van der Waals surface area contributed by atoms with Crippen LogP contribution in [0.15, 0.2) is 60.7 Å². The average Bonchev–Trinajstić information content (AvgIpc) is 2.56. The Balaban J connectivity index is 2.31. The molecule has 0 fully saturated rings. The third-order valence-corrected chi connectivity index (χ3v) is 6.75. The summed E-state index contributed by atoms with van der Waals surface area (Å²) >= 11 is 0.0328. The van der Waals surface area contributed by atoms with Gasteiger partial charge in [0.25, 0.3) is 0 Å². The van der Waals surface area contributed by atoms with Crippen molar-refractivity contribution in [2.75, 3.05) is 6.61 Å². The van der Waals surface area contributed by atoms with Crippen molar-refractivity contribution >= 4 is 25.4 Å². The van der Waals surface area contributed by atoms with Gasteiger partial charge in [-0.1, -0.05) is 0 Å². The zero-order valence-corrected chi connectivity index (χ0v) is 14.8. The number of ether oxygens (including phenoxy) is 1. The predicted molar refractivity (Wildman–Crippen MR) is 91.6 cm³/mol. The Kier molecular flexibility index (Phi) is 6.23. The van der Waals surface area contributed by atoms with Crippen LogP contribution in [0.1, 0.15) is 25.8 Å². The average molecular weight is 361 g/mol. The standard InChI is InChI=1S/C19H22O2Se/c1-3-19(18(20)21-4-2,15-16-11-7-5-8-12-16)22-17-13-9-6-10-14-17/h5-14H,3-4,15H2,1-2H3. The van der Waals surface area contributed by atoms with Gasteiger partial charge in [0.2, 0.25) is 0 Å². The number of esters is 1. The molecule has 0 aromatic heterocycles. The molecular weight excluding hydrogens is 339 g/mol. The Labute approximate surface area is 139 Å². The Morgan fingerprint density at radius 2 is 1.59 bits per heavy atom. The molecule has 0 N–H and O–H groups in total. The van der Waals surface area contributed by atoms with Crippen LogP contribution in [0.25, 0.3) is 0 Å². The number of benzene rings is 2. The van der Waals surface area contributed by atoms with Gasteiger partial charge in [0.15, 0.2) is 0 Å². The monoisotopic (exact) mass is 362 g/mol. The predicted octanol–water partition coefficient (Wildman–Crippen LogP) is 3.39. The van der Waals surface area contributed by atoms with Crippen molar-refractivity contribution in [2.45, 2.75) is 31.0 Å². The maximum absolute atomic E-state index is 12.7. The summed E-state index contributed by atoms with van der Waals surface area (Å²) < 4.78 is 6.22. The van der Waals surface area contributed by atoms with E-state index < -0.39 is 4.31 Å². The fourth-order valence-electron chi connectivity index (χ4n) is 2.39. The zero-order valence-electron chi connectivity index (χ0n) is 13.1. The van der Waals surface area contributed by atoms with E-state index in [2.05, 4.69) is 31.2 Å². The summed E-state index contributed by atoms with van der Waals surface area (Å²) in [7, 11) is 0. The van der Waals surface area contributed by atoms with E-state index in [1.165, 1.54) is 10.0 Å². The van der Waals surface area contributed by atoms with E-state index in [0.717, 1.165) is 12.8 Å². The molecule has 0 aliphatic heterocycles. The summed E-state index contributed by atoms with van der Waals surface area (Å²) in [6.45, 7) is 4.39. The number of carbonyl (C=O) groups excluding carboxylic acids is 1. The SMILES string of the molecule is CCOC(=O)C(CC)(Cc1ccccc1)[Se]c1ccccc1. The summed E-state index contributed by atoms with van der Waals surface area (Å²) in [4.78, 5) is 12.7. The third-order valence-electron chi connectivity index (χ3n) is 3.61. The molecule has 0 heterocycles. The fraction of sp³-hybridized carbons (Fsp3) is 0.316. The quantitative estimate of drug-likeness (QED) is 0.558. The first-order valence-electron chi connectivity index (χ1n) is 7.65. The summed E-state index contributed by atoms with van der Waals surface area (Å²) in [5.74, 6) is -0.0646. The van der Waals surface area contributed by atoms with Crippen LogP contribution in [0, 0.1) is 0 Å². The van der Waals surface area contributed by atoms with Gasteiger partial charge in [-0.25, -0.2) is 0 Å². The Hall–Kier alpha value is -1.57. The molecule has 0 radical (unpaired) electrons. The van der Waals surface area contributed by atoms with Crippen molar-refractivity contribution in [3.63, 3.8) is 0 Å². The first-order valence-corrected chi connectivity index (χ1v) is 9.36. The van der Waals surface area contributed by atoms with Crippen LogP contribution in [-0.4, -0.2) is 27.5 Å². The Morgan fingerprint density at radius 1 is 1.00 bits per heavy atom. The van der Waals surface area contributed by atoms with Crippen LogP contribution in [0.4, 0.5) is 0 Å². The van der Waals surface area contributed by atoms with Crippen LogP contribution in [0.3, 0.4) is 0 Å². The van der Waals surface area contributed by atoms with Crippen molar-refractivity contribution in [1.82, 2.24) is 0 Å². The van der Waals surface area contributed by atoms with Gasteiger partial charge < -0.3 is 0 Å². The second-order valence-electron chi connectivity index (χ2n) is 5.15.